The third-order valence-electron chi connectivity index (χ3n) is 3.73. The van der Waals surface area contributed by atoms with Crippen molar-refractivity contribution in [1.82, 2.24) is 14.3 Å². The van der Waals surface area contributed by atoms with Gasteiger partial charge in [-0.1, -0.05) is 24.6 Å². The van der Waals surface area contributed by atoms with E-state index in [1.807, 2.05) is 38.1 Å². The van der Waals surface area contributed by atoms with Crippen molar-refractivity contribution in [2.45, 2.75) is 39.3 Å². The van der Waals surface area contributed by atoms with E-state index in [0.29, 0.717) is 6.42 Å². The van der Waals surface area contributed by atoms with Crippen molar-refractivity contribution in [3.8, 4) is 5.69 Å². The van der Waals surface area contributed by atoms with E-state index in [-0.39, 0.29) is 5.69 Å². The normalized spacial score (nSPS) is 13.6. The van der Waals surface area contributed by atoms with Crippen molar-refractivity contribution in [2.75, 3.05) is 6.61 Å². The van der Waals surface area contributed by atoms with Crippen molar-refractivity contribution in [2.24, 2.45) is 0 Å². The Labute approximate surface area is 134 Å². The van der Waals surface area contributed by atoms with Crippen molar-refractivity contribution in [3.63, 3.8) is 0 Å². The molecule has 0 radical (unpaired) electrons. The van der Waals surface area contributed by atoms with Crippen molar-refractivity contribution >= 4 is 5.97 Å². The molecule has 0 saturated heterocycles. The van der Waals surface area contributed by atoms with Gasteiger partial charge in [0.25, 0.3) is 0 Å². The molecule has 1 N–H and O–H groups in total. The van der Waals surface area contributed by atoms with Gasteiger partial charge in [-0.15, -0.1) is 0 Å². The lowest BCUT2D eigenvalue weighted by Crippen LogP contribution is -2.35. The molecule has 1 heterocycles. The van der Waals surface area contributed by atoms with Gasteiger partial charge >= 0.3 is 11.7 Å². The SMILES string of the molecule is CCC(C(C)OC(=O)CO)n1ncn(-c2ccc(C)cc2)c1=O. The topological polar surface area (TPSA) is 86.3 Å². The van der Waals surface area contributed by atoms with E-state index in [0.717, 1.165) is 11.3 Å². The van der Waals surface area contributed by atoms with E-state index in [2.05, 4.69) is 5.10 Å². The summed E-state index contributed by atoms with van der Waals surface area (Å²) in [7, 11) is 0. The lowest BCUT2D eigenvalue weighted by Gasteiger charge is -2.21. The molecule has 2 unspecified atom stereocenters. The highest BCUT2D eigenvalue weighted by Crippen LogP contribution is 2.17. The molecule has 7 nitrogen and oxygen atoms in total. The van der Waals surface area contributed by atoms with Gasteiger partial charge in [-0.3, -0.25) is 0 Å². The number of aryl methyl sites for hydroxylation is 1. The molecular weight excluding hydrogens is 298 g/mol. The zero-order valence-corrected chi connectivity index (χ0v) is 13.5. The lowest BCUT2D eigenvalue weighted by atomic mass is 10.1. The van der Waals surface area contributed by atoms with Crippen LogP contribution in [0.1, 0.15) is 31.9 Å². The van der Waals surface area contributed by atoms with Crippen LogP contribution in [-0.4, -0.2) is 38.1 Å². The van der Waals surface area contributed by atoms with E-state index in [4.69, 9.17) is 9.84 Å². The van der Waals surface area contributed by atoms with Gasteiger partial charge in [0, 0.05) is 0 Å². The number of rotatable bonds is 6. The number of carbonyl (C=O) groups excluding carboxylic acids is 1. The highest BCUT2D eigenvalue weighted by atomic mass is 16.6. The molecule has 124 valence electrons. The highest BCUT2D eigenvalue weighted by Gasteiger charge is 2.24. The second-order valence-electron chi connectivity index (χ2n) is 5.39. The molecule has 0 aliphatic carbocycles. The van der Waals surface area contributed by atoms with E-state index in [1.165, 1.54) is 15.6 Å². The molecule has 2 atom stereocenters. The molecule has 0 saturated carbocycles. The average Bonchev–Trinajstić information content (AvgIpc) is 2.90. The van der Waals surface area contributed by atoms with Crippen LogP contribution in [0.5, 0.6) is 0 Å². The molecular formula is C16H21N3O4. The van der Waals surface area contributed by atoms with Crippen LogP contribution in [0, 0.1) is 6.92 Å². The van der Waals surface area contributed by atoms with Crippen LogP contribution in [0.15, 0.2) is 35.4 Å². The Morgan fingerprint density at radius 3 is 2.57 bits per heavy atom. The number of aliphatic hydroxyl groups is 1. The summed E-state index contributed by atoms with van der Waals surface area (Å²) >= 11 is 0. The van der Waals surface area contributed by atoms with Crippen LogP contribution < -0.4 is 5.69 Å². The first-order valence-corrected chi connectivity index (χ1v) is 7.51. The maximum atomic E-state index is 12.6. The van der Waals surface area contributed by atoms with Crippen LogP contribution >= 0.6 is 0 Å². The smallest absolute Gasteiger partial charge is 0.350 e. The Bertz CT molecular complexity index is 718. The van der Waals surface area contributed by atoms with Crippen LogP contribution in [-0.2, 0) is 9.53 Å². The highest BCUT2D eigenvalue weighted by molar-refractivity contribution is 5.70. The molecule has 7 heteroatoms. The number of hydrogen-bond donors (Lipinski definition) is 1. The minimum absolute atomic E-state index is 0.299. The van der Waals surface area contributed by atoms with Gasteiger partial charge in [-0.2, -0.15) is 5.10 Å². The number of carbonyl (C=O) groups is 1. The van der Waals surface area contributed by atoms with Gasteiger partial charge in [0.05, 0.1) is 11.7 Å². The Kier molecular flexibility index (Phi) is 5.33. The quantitative estimate of drug-likeness (QED) is 0.809. The second-order valence-corrected chi connectivity index (χ2v) is 5.39. The fourth-order valence-corrected chi connectivity index (χ4v) is 2.45. The van der Waals surface area contributed by atoms with Gasteiger partial charge in [0.15, 0.2) is 0 Å². The number of aromatic nitrogens is 3. The minimum atomic E-state index is -0.720. The predicted octanol–water partition coefficient (Wildman–Crippen LogP) is 1.22. The molecule has 2 aromatic rings. The summed E-state index contributed by atoms with van der Waals surface area (Å²) in [6, 6.07) is 7.13. The van der Waals surface area contributed by atoms with Crippen molar-refractivity contribution < 1.29 is 14.6 Å². The first kappa shape index (κ1) is 17.0. The van der Waals surface area contributed by atoms with Gasteiger partial charge < -0.3 is 9.84 Å². The van der Waals surface area contributed by atoms with E-state index in [9.17, 15) is 9.59 Å². The lowest BCUT2D eigenvalue weighted by molar-refractivity contribution is -0.153. The summed E-state index contributed by atoms with van der Waals surface area (Å²) < 4.78 is 7.86. The fraction of sp³-hybridized carbons (Fsp3) is 0.438. The molecule has 0 aliphatic heterocycles. The first-order valence-electron chi connectivity index (χ1n) is 7.51. The van der Waals surface area contributed by atoms with Crippen LogP contribution in [0.3, 0.4) is 0 Å². The molecule has 0 fully saturated rings. The number of benzene rings is 1. The first-order chi connectivity index (χ1) is 11.0. The monoisotopic (exact) mass is 319 g/mol. The number of aliphatic hydroxyl groups excluding tert-OH is 1. The zero-order valence-electron chi connectivity index (χ0n) is 13.5. The molecule has 1 aromatic heterocycles. The number of esters is 1. The maximum absolute atomic E-state index is 12.6. The van der Waals surface area contributed by atoms with E-state index >= 15 is 0 Å². The van der Waals surface area contributed by atoms with Crippen LogP contribution in [0.2, 0.25) is 0 Å². The minimum Gasteiger partial charge on any atom is -0.459 e. The van der Waals surface area contributed by atoms with Crippen molar-refractivity contribution in [1.29, 1.82) is 0 Å². The maximum Gasteiger partial charge on any atom is 0.350 e. The number of hydrogen-bond acceptors (Lipinski definition) is 5. The third-order valence-corrected chi connectivity index (χ3v) is 3.73. The Morgan fingerprint density at radius 2 is 2.00 bits per heavy atom. The summed E-state index contributed by atoms with van der Waals surface area (Å²) in [6.45, 7) is 4.85. The number of nitrogens with zero attached hydrogens (tertiary/aromatic N) is 3. The summed E-state index contributed by atoms with van der Waals surface area (Å²) in [5.74, 6) is -0.720. The fourth-order valence-electron chi connectivity index (χ4n) is 2.45. The summed E-state index contributed by atoms with van der Waals surface area (Å²) in [5.41, 5.74) is 1.53. The Balaban J connectivity index is 2.31. The molecule has 0 aliphatic rings. The number of ether oxygens (including phenoxy) is 1. The average molecular weight is 319 g/mol. The third kappa shape index (κ3) is 3.68. The molecule has 2 rings (SSSR count). The Morgan fingerprint density at radius 1 is 1.35 bits per heavy atom. The van der Waals surface area contributed by atoms with Crippen LogP contribution in [0.25, 0.3) is 5.69 Å². The summed E-state index contributed by atoms with van der Waals surface area (Å²) in [6.07, 6.45) is 1.44. The van der Waals surface area contributed by atoms with Crippen molar-refractivity contribution in [3.05, 3.63) is 46.6 Å². The molecule has 0 amide bonds. The summed E-state index contributed by atoms with van der Waals surface area (Å²) in [5, 5.41) is 12.9. The van der Waals surface area contributed by atoms with Gasteiger partial charge in [-0.05, 0) is 32.4 Å². The zero-order chi connectivity index (χ0) is 17.0. The second kappa shape index (κ2) is 7.23. The van der Waals surface area contributed by atoms with Gasteiger partial charge in [0.1, 0.15) is 19.0 Å². The molecule has 23 heavy (non-hydrogen) atoms. The summed E-state index contributed by atoms with van der Waals surface area (Å²) in [4.78, 5) is 23.8. The van der Waals surface area contributed by atoms with Gasteiger partial charge in [0.2, 0.25) is 0 Å². The van der Waals surface area contributed by atoms with Gasteiger partial charge in [-0.25, -0.2) is 18.8 Å². The molecule has 1 aromatic carbocycles. The largest absolute Gasteiger partial charge is 0.459 e. The Hall–Kier alpha value is -2.41. The molecule has 0 bridgehead atoms. The molecule has 0 spiro atoms. The standard InChI is InChI=1S/C16H21N3O4/c1-4-14(12(3)23-15(21)9-20)19-16(22)18(10-17-19)13-7-5-11(2)6-8-13/h5-8,10,12,14,20H,4,9H2,1-3H3. The van der Waals surface area contributed by atoms with Crippen LogP contribution in [0.4, 0.5) is 0 Å². The van der Waals surface area contributed by atoms with E-state index < -0.39 is 24.7 Å². The predicted molar refractivity (Wildman–Crippen MR) is 84.5 cm³/mol. The van der Waals surface area contributed by atoms with E-state index in [1.54, 1.807) is 6.92 Å².